The molecule has 0 bridgehead atoms. The topological polar surface area (TPSA) is 69.0 Å². The minimum Gasteiger partial charge on any atom is -0.383 e. The van der Waals surface area contributed by atoms with Gasteiger partial charge in [0.15, 0.2) is 0 Å². The first-order valence-corrected chi connectivity index (χ1v) is 9.96. The van der Waals surface area contributed by atoms with Crippen molar-refractivity contribution < 1.29 is 9.53 Å². The van der Waals surface area contributed by atoms with Gasteiger partial charge in [-0.2, -0.15) is 0 Å². The van der Waals surface area contributed by atoms with Crippen molar-refractivity contribution >= 4 is 28.3 Å². The lowest BCUT2D eigenvalue weighted by atomic mass is 10.1. The number of nitrogens with one attached hydrogen (secondary N) is 1. The fraction of sp³-hybridized carbons (Fsp3) is 0.450. The van der Waals surface area contributed by atoms with Gasteiger partial charge in [0.2, 0.25) is 0 Å². The van der Waals surface area contributed by atoms with Gasteiger partial charge >= 0.3 is 0 Å². The van der Waals surface area contributed by atoms with Gasteiger partial charge in [-0.25, -0.2) is 9.97 Å². The van der Waals surface area contributed by atoms with E-state index in [1.54, 1.807) is 18.4 Å². The van der Waals surface area contributed by atoms with Gasteiger partial charge in [-0.05, 0) is 31.9 Å². The van der Waals surface area contributed by atoms with Gasteiger partial charge in [0.1, 0.15) is 11.5 Å². The summed E-state index contributed by atoms with van der Waals surface area (Å²) in [6.07, 6.45) is 0. The number of hydrogen-bond donors (Lipinski definition) is 1. The molecule has 0 fully saturated rings. The summed E-state index contributed by atoms with van der Waals surface area (Å²) in [6.45, 7) is 9.31. The summed E-state index contributed by atoms with van der Waals surface area (Å²) in [7, 11) is 1.68. The minimum absolute atomic E-state index is 0.152. The van der Waals surface area contributed by atoms with E-state index in [1.807, 2.05) is 38.1 Å². The van der Waals surface area contributed by atoms with Crippen LogP contribution in [0.25, 0.3) is 11.0 Å². The molecule has 3 aromatic rings. The molecule has 0 unspecified atom stereocenters. The Labute approximate surface area is 163 Å². The van der Waals surface area contributed by atoms with Crippen molar-refractivity contribution in [1.29, 1.82) is 0 Å². The highest BCUT2D eigenvalue weighted by atomic mass is 32.1. The summed E-state index contributed by atoms with van der Waals surface area (Å²) in [5, 5.41) is 3.99. The van der Waals surface area contributed by atoms with Crippen LogP contribution in [0.2, 0.25) is 0 Å². The molecular formula is C20H26N4O2S. The van der Waals surface area contributed by atoms with Crippen LogP contribution < -0.4 is 5.32 Å². The second-order valence-electron chi connectivity index (χ2n) is 6.90. The van der Waals surface area contributed by atoms with Crippen LogP contribution in [-0.4, -0.2) is 34.2 Å². The second kappa shape index (κ2) is 8.19. The Hall–Kier alpha value is -2.25. The molecule has 0 aliphatic heterocycles. The normalized spacial score (nSPS) is 12.7. The molecule has 0 spiro atoms. The van der Waals surface area contributed by atoms with Crippen LogP contribution in [0.3, 0.4) is 0 Å². The average molecular weight is 387 g/mol. The van der Waals surface area contributed by atoms with Crippen LogP contribution >= 0.6 is 11.3 Å². The molecule has 27 heavy (non-hydrogen) atoms. The van der Waals surface area contributed by atoms with E-state index in [0.717, 1.165) is 26.7 Å². The highest BCUT2D eigenvalue weighted by molar-refractivity contribution is 7.12. The number of hydrogen-bond acceptors (Lipinski definition) is 5. The highest BCUT2D eigenvalue weighted by Gasteiger charge is 2.23. The van der Waals surface area contributed by atoms with E-state index >= 15 is 0 Å². The number of imidazole rings is 1. The third-order valence-electron chi connectivity index (χ3n) is 4.44. The van der Waals surface area contributed by atoms with Gasteiger partial charge in [0.25, 0.3) is 5.91 Å². The number of nitrogens with zero attached hydrogens (tertiary/aromatic N) is 3. The van der Waals surface area contributed by atoms with Crippen molar-refractivity contribution in [2.24, 2.45) is 0 Å². The fourth-order valence-corrected chi connectivity index (χ4v) is 4.09. The molecule has 0 radical (unpaired) electrons. The maximum Gasteiger partial charge on any atom is 0.271 e. The van der Waals surface area contributed by atoms with Crippen molar-refractivity contribution in [3.05, 3.63) is 45.7 Å². The van der Waals surface area contributed by atoms with Gasteiger partial charge < -0.3 is 14.6 Å². The number of carbonyl (C=O) groups excluding carboxylic acids is 1. The van der Waals surface area contributed by atoms with Crippen LogP contribution in [0.1, 0.15) is 58.9 Å². The molecule has 2 aromatic heterocycles. The Morgan fingerprint density at radius 2 is 2.00 bits per heavy atom. The molecule has 1 aromatic carbocycles. The molecule has 3 rings (SSSR count). The number of benzene rings is 1. The third kappa shape index (κ3) is 4.04. The number of ether oxygens (including phenoxy) is 1. The van der Waals surface area contributed by atoms with Crippen LogP contribution in [0, 0.1) is 6.92 Å². The number of amides is 1. The predicted octanol–water partition coefficient (Wildman–Crippen LogP) is 4.06. The molecule has 1 N–H and O–H groups in total. The van der Waals surface area contributed by atoms with Crippen molar-refractivity contribution in [2.45, 2.75) is 46.2 Å². The van der Waals surface area contributed by atoms with E-state index in [0.29, 0.717) is 18.8 Å². The maximum absolute atomic E-state index is 12.9. The first-order valence-electron chi connectivity index (χ1n) is 9.14. The van der Waals surface area contributed by atoms with Crippen LogP contribution in [0.4, 0.5) is 0 Å². The molecule has 1 atom stereocenters. The number of aryl methyl sites for hydroxylation is 1. The molecule has 7 heteroatoms. The van der Waals surface area contributed by atoms with E-state index in [-0.39, 0.29) is 17.9 Å². The molecule has 144 valence electrons. The summed E-state index contributed by atoms with van der Waals surface area (Å²) in [6, 6.07) is 7.74. The first-order chi connectivity index (χ1) is 12.9. The monoisotopic (exact) mass is 386 g/mol. The van der Waals surface area contributed by atoms with E-state index < -0.39 is 0 Å². The zero-order valence-corrected chi connectivity index (χ0v) is 17.3. The third-order valence-corrected chi connectivity index (χ3v) is 5.71. The fourth-order valence-electron chi connectivity index (χ4n) is 3.17. The number of fused-ring (bicyclic) bond motifs is 1. The molecule has 0 saturated carbocycles. The molecule has 0 aliphatic carbocycles. The quantitative estimate of drug-likeness (QED) is 0.665. The molecular weight excluding hydrogens is 360 g/mol. The standard InChI is InChI=1S/C20H26N4O2S/c1-12(2)18-17(22-14(4)27-18)20(25)21-13(3)19-23-15-8-6-7-9-16(15)24(19)10-11-26-5/h6-9,12-13H,10-11H2,1-5H3,(H,21,25)/t13-/m0/s1. The minimum atomic E-state index is -0.247. The number of rotatable bonds is 7. The van der Waals surface area contributed by atoms with Gasteiger partial charge in [0, 0.05) is 18.5 Å². The van der Waals surface area contributed by atoms with Crippen molar-refractivity contribution in [3.8, 4) is 0 Å². The lowest BCUT2D eigenvalue weighted by Crippen LogP contribution is -2.30. The summed E-state index contributed by atoms with van der Waals surface area (Å²) in [5.41, 5.74) is 2.48. The number of methoxy groups -OCH3 is 1. The summed E-state index contributed by atoms with van der Waals surface area (Å²) < 4.78 is 7.36. The number of thiazole rings is 1. The van der Waals surface area contributed by atoms with E-state index in [9.17, 15) is 4.79 Å². The van der Waals surface area contributed by atoms with Crippen LogP contribution in [0.15, 0.2) is 24.3 Å². The van der Waals surface area contributed by atoms with Gasteiger partial charge in [0.05, 0.1) is 28.7 Å². The zero-order chi connectivity index (χ0) is 19.6. The molecule has 6 nitrogen and oxygen atoms in total. The Morgan fingerprint density at radius 3 is 2.70 bits per heavy atom. The van der Waals surface area contributed by atoms with E-state index in [2.05, 4.69) is 28.7 Å². The highest BCUT2D eigenvalue weighted by Crippen LogP contribution is 2.27. The summed E-state index contributed by atoms with van der Waals surface area (Å²) >= 11 is 1.58. The Bertz CT molecular complexity index is 945. The Morgan fingerprint density at radius 1 is 1.26 bits per heavy atom. The lowest BCUT2D eigenvalue weighted by Gasteiger charge is -2.16. The molecule has 2 heterocycles. The SMILES string of the molecule is COCCn1c([C@H](C)NC(=O)c2nc(C)sc2C(C)C)nc2ccccc21. The predicted molar refractivity (Wildman–Crippen MR) is 108 cm³/mol. The largest absolute Gasteiger partial charge is 0.383 e. The Balaban J connectivity index is 1.90. The van der Waals surface area contributed by atoms with Crippen molar-refractivity contribution in [3.63, 3.8) is 0 Å². The molecule has 1 amide bonds. The average Bonchev–Trinajstić information content (AvgIpc) is 3.21. The number of aromatic nitrogens is 3. The van der Waals surface area contributed by atoms with Crippen molar-refractivity contribution in [2.75, 3.05) is 13.7 Å². The maximum atomic E-state index is 12.9. The van der Waals surface area contributed by atoms with Crippen molar-refractivity contribution in [1.82, 2.24) is 19.9 Å². The number of carbonyl (C=O) groups is 1. The van der Waals surface area contributed by atoms with Gasteiger partial charge in [-0.15, -0.1) is 11.3 Å². The lowest BCUT2D eigenvalue weighted by molar-refractivity contribution is 0.0931. The van der Waals surface area contributed by atoms with Gasteiger partial charge in [-0.1, -0.05) is 26.0 Å². The summed E-state index contributed by atoms with van der Waals surface area (Å²) in [5.74, 6) is 0.930. The number of para-hydroxylation sites is 2. The first kappa shape index (κ1) is 19.5. The smallest absolute Gasteiger partial charge is 0.271 e. The Kier molecular flexibility index (Phi) is 5.92. The second-order valence-corrected chi connectivity index (χ2v) is 8.13. The summed E-state index contributed by atoms with van der Waals surface area (Å²) in [4.78, 5) is 23.1. The zero-order valence-electron chi connectivity index (χ0n) is 16.4. The van der Waals surface area contributed by atoms with Gasteiger partial charge in [-0.3, -0.25) is 4.79 Å². The molecule has 0 saturated heterocycles. The van der Waals surface area contributed by atoms with E-state index in [4.69, 9.17) is 9.72 Å². The van der Waals surface area contributed by atoms with Crippen LogP contribution in [-0.2, 0) is 11.3 Å². The molecule has 0 aliphatic rings. The van der Waals surface area contributed by atoms with Crippen LogP contribution in [0.5, 0.6) is 0 Å². The van der Waals surface area contributed by atoms with E-state index in [1.165, 1.54) is 0 Å².